The molecule has 0 spiro atoms. The minimum atomic E-state index is 0.512. The van der Waals surface area contributed by atoms with Gasteiger partial charge >= 0.3 is 0 Å². The lowest BCUT2D eigenvalue weighted by atomic mass is 10.0. The summed E-state index contributed by atoms with van der Waals surface area (Å²) < 4.78 is 0. The summed E-state index contributed by atoms with van der Waals surface area (Å²) in [6, 6.07) is 0.512. The Labute approximate surface area is 116 Å². The number of thiazole rings is 1. The zero-order chi connectivity index (χ0) is 13.1. The van der Waals surface area contributed by atoms with Crippen LogP contribution in [0.5, 0.6) is 0 Å². The van der Waals surface area contributed by atoms with Crippen LogP contribution in [-0.2, 0) is 0 Å². The molecule has 0 fully saturated rings. The van der Waals surface area contributed by atoms with E-state index >= 15 is 0 Å². The molecule has 0 aliphatic carbocycles. The highest BCUT2D eigenvalue weighted by Gasteiger charge is 2.09. The summed E-state index contributed by atoms with van der Waals surface area (Å²) in [6.45, 7) is 2.28. The fourth-order valence-corrected chi connectivity index (χ4v) is 3.07. The quantitative estimate of drug-likeness (QED) is 0.575. The minimum absolute atomic E-state index is 0.512. The third kappa shape index (κ3) is 6.50. The van der Waals surface area contributed by atoms with Crippen molar-refractivity contribution in [3.8, 4) is 0 Å². The standard InChI is InChI=1S/C15H28N2S/c1-3-4-5-6-7-8-9-10-11-14(16-2)15-12-17-13-18-15/h12-14,16H,3-11H2,1-2H3. The first-order valence-corrected chi connectivity index (χ1v) is 8.32. The number of hydrogen-bond donors (Lipinski definition) is 1. The molecule has 1 atom stereocenters. The van der Waals surface area contributed by atoms with E-state index in [-0.39, 0.29) is 0 Å². The van der Waals surface area contributed by atoms with Crippen LogP contribution in [-0.4, -0.2) is 12.0 Å². The second-order valence-electron chi connectivity index (χ2n) is 5.01. The Morgan fingerprint density at radius 1 is 1.11 bits per heavy atom. The van der Waals surface area contributed by atoms with Crippen molar-refractivity contribution in [2.45, 2.75) is 70.8 Å². The van der Waals surface area contributed by atoms with E-state index in [0.29, 0.717) is 6.04 Å². The van der Waals surface area contributed by atoms with Crippen LogP contribution in [0.1, 0.15) is 75.6 Å². The van der Waals surface area contributed by atoms with Gasteiger partial charge in [0.25, 0.3) is 0 Å². The van der Waals surface area contributed by atoms with Gasteiger partial charge in [0.05, 0.1) is 5.51 Å². The van der Waals surface area contributed by atoms with E-state index in [1.54, 1.807) is 11.3 Å². The average molecular weight is 268 g/mol. The van der Waals surface area contributed by atoms with Crippen molar-refractivity contribution >= 4 is 11.3 Å². The Balaban J connectivity index is 1.99. The van der Waals surface area contributed by atoms with E-state index in [2.05, 4.69) is 24.3 Å². The minimum Gasteiger partial charge on any atom is -0.312 e. The zero-order valence-electron chi connectivity index (χ0n) is 12.0. The van der Waals surface area contributed by atoms with Crippen LogP contribution in [0.3, 0.4) is 0 Å². The molecule has 3 heteroatoms. The smallest absolute Gasteiger partial charge is 0.0794 e. The lowest BCUT2D eigenvalue weighted by Gasteiger charge is -2.13. The van der Waals surface area contributed by atoms with Crippen LogP contribution in [0.15, 0.2) is 11.7 Å². The van der Waals surface area contributed by atoms with Crippen LogP contribution in [0, 0.1) is 0 Å². The predicted octanol–water partition coefficient (Wildman–Crippen LogP) is 4.93. The van der Waals surface area contributed by atoms with Crippen molar-refractivity contribution in [3.63, 3.8) is 0 Å². The van der Waals surface area contributed by atoms with Gasteiger partial charge < -0.3 is 5.32 Å². The molecule has 0 saturated carbocycles. The maximum absolute atomic E-state index is 4.16. The lowest BCUT2D eigenvalue weighted by Crippen LogP contribution is -2.14. The van der Waals surface area contributed by atoms with Gasteiger partial charge in [-0.05, 0) is 13.5 Å². The summed E-state index contributed by atoms with van der Waals surface area (Å²) in [5.41, 5.74) is 1.92. The molecule has 1 N–H and O–H groups in total. The number of nitrogens with one attached hydrogen (secondary N) is 1. The number of nitrogens with zero attached hydrogens (tertiary/aromatic N) is 1. The van der Waals surface area contributed by atoms with Crippen molar-refractivity contribution in [1.29, 1.82) is 0 Å². The molecule has 1 aromatic rings. The van der Waals surface area contributed by atoms with E-state index < -0.39 is 0 Å². The number of unbranched alkanes of at least 4 members (excludes halogenated alkanes) is 7. The summed E-state index contributed by atoms with van der Waals surface area (Å²) in [7, 11) is 2.05. The molecule has 0 aliphatic rings. The fraction of sp³-hybridized carbons (Fsp3) is 0.800. The summed E-state index contributed by atoms with van der Waals surface area (Å²) in [5, 5.41) is 3.39. The molecular formula is C15H28N2S. The summed E-state index contributed by atoms with van der Waals surface area (Å²) in [6.07, 6.45) is 14.4. The molecule has 18 heavy (non-hydrogen) atoms. The van der Waals surface area contributed by atoms with Gasteiger partial charge in [-0.2, -0.15) is 0 Å². The zero-order valence-corrected chi connectivity index (χ0v) is 12.8. The molecule has 0 aromatic carbocycles. The third-order valence-corrected chi connectivity index (χ3v) is 4.38. The first-order valence-electron chi connectivity index (χ1n) is 7.44. The number of aromatic nitrogens is 1. The van der Waals surface area contributed by atoms with Gasteiger partial charge in [-0.25, -0.2) is 0 Å². The van der Waals surface area contributed by atoms with Crippen LogP contribution in [0.2, 0.25) is 0 Å². The van der Waals surface area contributed by atoms with Crippen molar-refractivity contribution in [1.82, 2.24) is 10.3 Å². The number of hydrogen-bond acceptors (Lipinski definition) is 3. The Morgan fingerprint density at radius 3 is 2.33 bits per heavy atom. The maximum atomic E-state index is 4.16. The number of rotatable bonds is 11. The normalized spacial score (nSPS) is 12.8. The Kier molecular flexibility index (Phi) is 9.13. The summed E-state index contributed by atoms with van der Waals surface area (Å²) >= 11 is 1.76. The van der Waals surface area contributed by atoms with Gasteiger partial charge in [0.1, 0.15) is 0 Å². The van der Waals surface area contributed by atoms with Crippen LogP contribution >= 0.6 is 11.3 Å². The summed E-state index contributed by atoms with van der Waals surface area (Å²) in [4.78, 5) is 5.53. The van der Waals surface area contributed by atoms with Gasteiger partial charge in [-0.3, -0.25) is 4.98 Å². The average Bonchev–Trinajstić information content (AvgIpc) is 2.91. The van der Waals surface area contributed by atoms with Gasteiger partial charge in [-0.15, -0.1) is 11.3 Å². The fourth-order valence-electron chi connectivity index (χ4n) is 2.31. The Morgan fingerprint density at radius 2 is 1.78 bits per heavy atom. The maximum Gasteiger partial charge on any atom is 0.0794 e. The van der Waals surface area contributed by atoms with Crippen LogP contribution < -0.4 is 5.32 Å². The van der Waals surface area contributed by atoms with E-state index in [1.807, 2.05) is 11.7 Å². The van der Waals surface area contributed by atoms with Crippen molar-refractivity contribution in [2.75, 3.05) is 7.05 Å². The van der Waals surface area contributed by atoms with E-state index in [4.69, 9.17) is 0 Å². The highest BCUT2D eigenvalue weighted by molar-refractivity contribution is 7.09. The molecule has 1 aromatic heterocycles. The monoisotopic (exact) mass is 268 g/mol. The molecule has 0 bridgehead atoms. The van der Waals surface area contributed by atoms with Crippen molar-refractivity contribution in [2.24, 2.45) is 0 Å². The predicted molar refractivity (Wildman–Crippen MR) is 81.1 cm³/mol. The van der Waals surface area contributed by atoms with Gasteiger partial charge in [0.2, 0.25) is 0 Å². The van der Waals surface area contributed by atoms with Gasteiger partial charge in [0, 0.05) is 17.1 Å². The highest BCUT2D eigenvalue weighted by Crippen LogP contribution is 2.22. The molecule has 104 valence electrons. The molecule has 1 unspecified atom stereocenters. The molecule has 2 nitrogen and oxygen atoms in total. The largest absolute Gasteiger partial charge is 0.312 e. The van der Waals surface area contributed by atoms with Crippen LogP contribution in [0.25, 0.3) is 0 Å². The van der Waals surface area contributed by atoms with Crippen LogP contribution in [0.4, 0.5) is 0 Å². The highest BCUT2D eigenvalue weighted by atomic mass is 32.1. The molecule has 0 radical (unpaired) electrons. The van der Waals surface area contributed by atoms with Crippen molar-refractivity contribution < 1.29 is 0 Å². The molecule has 1 heterocycles. The molecule has 0 aliphatic heterocycles. The SMILES string of the molecule is CCCCCCCCCCC(NC)c1cncs1. The second-order valence-corrected chi connectivity index (χ2v) is 5.93. The van der Waals surface area contributed by atoms with E-state index in [1.165, 1.54) is 62.7 Å². The van der Waals surface area contributed by atoms with E-state index in [9.17, 15) is 0 Å². The molecular weight excluding hydrogens is 240 g/mol. The molecule has 1 rings (SSSR count). The van der Waals surface area contributed by atoms with Gasteiger partial charge in [0.15, 0.2) is 0 Å². The third-order valence-electron chi connectivity index (χ3n) is 3.49. The van der Waals surface area contributed by atoms with Gasteiger partial charge in [-0.1, -0.05) is 58.3 Å². The Bertz CT molecular complexity index is 272. The second kappa shape index (κ2) is 10.5. The van der Waals surface area contributed by atoms with E-state index in [0.717, 1.165) is 0 Å². The molecule has 0 amide bonds. The molecule has 0 saturated heterocycles. The summed E-state index contributed by atoms with van der Waals surface area (Å²) in [5.74, 6) is 0. The lowest BCUT2D eigenvalue weighted by molar-refractivity contribution is 0.499. The van der Waals surface area contributed by atoms with Crippen molar-refractivity contribution in [3.05, 3.63) is 16.6 Å². The Hall–Kier alpha value is -0.410. The first-order chi connectivity index (χ1) is 8.88. The first kappa shape index (κ1) is 15.6. The topological polar surface area (TPSA) is 24.9 Å².